The summed E-state index contributed by atoms with van der Waals surface area (Å²) in [6, 6.07) is 13.2. The molecule has 0 aliphatic heterocycles. The molecular formula is C26H38N2. The minimum atomic E-state index is 0.466. The largest absolute Gasteiger partial charge is 0.380 e. The van der Waals surface area contributed by atoms with Crippen molar-refractivity contribution in [2.45, 2.75) is 79.1 Å². The van der Waals surface area contributed by atoms with Crippen LogP contribution >= 0.6 is 0 Å². The Morgan fingerprint density at radius 3 is 1.46 bits per heavy atom. The van der Waals surface area contributed by atoms with Crippen molar-refractivity contribution in [3.8, 4) is 0 Å². The lowest BCUT2D eigenvalue weighted by molar-refractivity contribution is 0.834. The summed E-state index contributed by atoms with van der Waals surface area (Å²) >= 11 is 0. The van der Waals surface area contributed by atoms with Gasteiger partial charge in [0.1, 0.15) is 0 Å². The van der Waals surface area contributed by atoms with E-state index >= 15 is 0 Å². The highest BCUT2D eigenvalue weighted by Crippen LogP contribution is 2.35. The molecule has 0 aliphatic rings. The molecule has 0 amide bonds. The van der Waals surface area contributed by atoms with Crippen LogP contribution in [0.15, 0.2) is 41.4 Å². The summed E-state index contributed by atoms with van der Waals surface area (Å²) in [6.45, 7) is 18.7. The molecule has 0 bridgehead atoms. The Morgan fingerprint density at radius 2 is 1.07 bits per heavy atom. The topological polar surface area (TPSA) is 24.4 Å². The summed E-state index contributed by atoms with van der Waals surface area (Å²) in [7, 11) is 0. The van der Waals surface area contributed by atoms with Gasteiger partial charge in [0.25, 0.3) is 0 Å². The molecule has 0 unspecified atom stereocenters. The standard InChI is InChI=1S/C26H38N2/c1-17(2)21-11-9-12-22(18(3)4)25(21)27-15-16-28-26-23(19(5)6)13-10-14-24(26)20(7)8/h9-15,17-20,28H,16H2,1-8H3. The number of anilines is 1. The molecule has 0 spiro atoms. The van der Waals surface area contributed by atoms with Gasteiger partial charge < -0.3 is 5.32 Å². The molecule has 0 radical (unpaired) electrons. The fourth-order valence-electron chi connectivity index (χ4n) is 3.70. The summed E-state index contributed by atoms with van der Waals surface area (Å²) in [5, 5.41) is 3.66. The normalized spacial score (nSPS) is 12.1. The third kappa shape index (κ3) is 5.25. The Labute approximate surface area is 172 Å². The average Bonchev–Trinajstić information content (AvgIpc) is 2.64. The Bertz CT molecular complexity index is 746. The highest BCUT2D eigenvalue weighted by atomic mass is 14.9. The molecular weight excluding hydrogens is 340 g/mol. The zero-order valence-corrected chi connectivity index (χ0v) is 19.0. The van der Waals surface area contributed by atoms with Gasteiger partial charge in [-0.05, 0) is 45.9 Å². The Hall–Kier alpha value is -2.09. The second-order valence-electron chi connectivity index (χ2n) is 8.91. The lowest BCUT2D eigenvalue weighted by atomic mass is 9.92. The molecule has 152 valence electrons. The number of benzene rings is 2. The zero-order chi connectivity index (χ0) is 20.8. The van der Waals surface area contributed by atoms with E-state index < -0.39 is 0 Å². The fourth-order valence-corrected chi connectivity index (χ4v) is 3.70. The zero-order valence-electron chi connectivity index (χ0n) is 19.0. The summed E-state index contributed by atoms with van der Waals surface area (Å²) in [4.78, 5) is 4.93. The first kappa shape index (κ1) is 22.2. The summed E-state index contributed by atoms with van der Waals surface area (Å²) in [5.74, 6) is 1.92. The first-order valence-electron chi connectivity index (χ1n) is 10.8. The van der Waals surface area contributed by atoms with Gasteiger partial charge in [0.2, 0.25) is 0 Å². The predicted molar refractivity (Wildman–Crippen MR) is 126 cm³/mol. The van der Waals surface area contributed by atoms with Crippen molar-refractivity contribution >= 4 is 17.6 Å². The van der Waals surface area contributed by atoms with Gasteiger partial charge in [0, 0.05) is 11.9 Å². The van der Waals surface area contributed by atoms with Crippen molar-refractivity contribution in [1.82, 2.24) is 0 Å². The van der Waals surface area contributed by atoms with Crippen LogP contribution in [0.3, 0.4) is 0 Å². The number of nitrogens with one attached hydrogen (secondary N) is 1. The quantitative estimate of drug-likeness (QED) is 0.462. The molecule has 0 saturated heterocycles. The fraction of sp³-hybridized carbons (Fsp3) is 0.500. The van der Waals surface area contributed by atoms with Crippen LogP contribution in [0.25, 0.3) is 0 Å². The summed E-state index contributed by atoms with van der Waals surface area (Å²) in [5.41, 5.74) is 7.84. The number of para-hydroxylation sites is 2. The van der Waals surface area contributed by atoms with E-state index in [1.807, 2.05) is 6.21 Å². The van der Waals surface area contributed by atoms with E-state index in [0.29, 0.717) is 23.7 Å². The lowest BCUT2D eigenvalue weighted by Crippen LogP contribution is -2.10. The highest BCUT2D eigenvalue weighted by molar-refractivity contribution is 5.73. The SMILES string of the molecule is CC(C)c1cccc(C(C)C)c1N=CCNc1c(C(C)C)cccc1C(C)C. The predicted octanol–water partition coefficient (Wildman–Crippen LogP) is 7.99. The van der Waals surface area contributed by atoms with E-state index in [1.54, 1.807) is 0 Å². The molecule has 0 heterocycles. The first-order chi connectivity index (χ1) is 13.2. The molecule has 0 aromatic heterocycles. The molecule has 0 saturated carbocycles. The van der Waals surface area contributed by atoms with Crippen LogP contribution in [0, 0.1) is 0 Å². The number of nitrogens with zero attached hydrogens (tertiary/aromatic N) is 1. The van der Waals surface area contributed by atoms with Gasteiger partial charge in [-0.15, -0.1) is 0 Å². The van der Waals surface area contributed by atoms with Crippen LogP contribution in [0.2, 0.25) is 0 Å². The van der Waals surface area contributed by atoms with Gasteiger partial charge in [0.05, 0.1) is 12.2 Å². The number of hydrogen-bond acceptors (Lipinski definition) is 2. The van der Waals surface area contributed by atoms with Crippen LogP contribution in [0.1, 0.15) is 101 Å². The van der Waals surface area contributed by atoms with Crippen LogP contribution < -0.4 is 5.32 Å². The number of aliphatic imine (C=N–C) groups is 1. The second-order valence-corrected chi connectivity index (χ2v) is 8.91. The van der Waals surface area contributed by atoms with Crippen molar-refractivity contribution in [1.29, 1.82) is 0 Å². The van der Waals surface area contributed by atoms with Crippen molar-refractivity contribution in [2.24, 2.45) is 4.99 Å². The lowest BCUT2D eigenvalue weighted by Gasteiger charge is -2.20. The molecule has 2 aromatic rings. The van der Waals surface area contributed by atoms with Gasteiger partial charge in [-0.3, -0.25) is 4.99 Å². The van der Waals surface area contributed by atoms with Gasteiger partial charge in [-0.2, -0.15) is 0 Å². The minimum absolute atomic E-state index is 0.466. The minimum Gasteiger partial charge on any atom is -0.380 e. The third-order valence-corrected chi connectivity index (χ3v) is 5.31. The van der Waals surface area contributed by atoms with Crippen molar-refractivity contribution in [3.63, 3.8) is 0 Å². The smallest absolute Gasteiger partial charge is 0.0695 e. The van der Waals surface area contributed by atoms with Gasteiger partial charge in [-0.1, -0.05) is 91.8 Å². The van der Waals surface area contributed by atoms with Crippen LogP contribution in [0.5, 0.6) is 0 Å². The van der Waals surface area contributed by atoms with E-state index in [9.17, 15) is 0 Å². The van der Waals surface area contributed by atoms with Gasteiger partial charge >= 0.3 is 0 Å². The number of rotatable bonds is 8. The molecule has 2 rings (SSSR count). The molecule has 0 fully saturated rings. The monoisotopic (exact) mass is 378 g/mol. The van der Waals surface area contributed by atoms with E-state index in [-0.39, 0.29) is 0 Å². The van der Waals surface area contributed by atoms with Crippen LogP contribution in [-0.2, 0) is 0 Å². The van der Waals surface area contributed by atoms with E-state index in [2.05, 4.69) is 97.1 Å². The maximum absolute atomic E-state index is 4.93. The Balaban J connectivity index is 2.29. The molecule has 1 N–H and O–H groups in total. The van der Waals surface area contributed by atoms with E-state index in [0.717, 1.165) is 12.2 Å². The van der Waals surface area contributed by atoms with Gasteiger partial charge in [-0.25, -0.2) is 0 Å². The summed E-state index contributed by atoms with van der Waals surface area (Å²) in [6.07, 6.45) is 2.04. The maximum Gasteiger partial charge on any atom is 0.0695 e. The molecule has 0 aliphatic carbocycles. The maximum atomic E-state index is 4.93. The van der Waals surface area contributed by atoms with Crippen molar-refractivity contribution in [3.05, 3.63) is 58.7 Å². The van der Waals surface area contributed by atoms with Crippen LogP contribution in [0.4, 0.5) is 11.4 Å². The molecule has 2 aromatic carbocycles. The molecule has 28 heavy (non-hydrogen) atoms. The Morgan fingerprint density at radius 1 is 0.679 bits per heavy atom. The highest BCUT2D eigenvalue weighted by Gasteiger charge is 2.14. The van der Waals surface area contributed by atoms with E-state index in [1.165, 1.54) is 27.9 Å². The molecule has 2 heteroatoms. The first-order valence-corrected chi connectivity index (χ1v) is 10.8. The average molecular weight is 379 g/mol. The van der Waals surface area contributed by atoms with Gasteiger partial charge in [0.15, 0.2) is 0 Å². The molecule has 0 atom stereocenters. The van der Waals surface area contributed by atoms with Crippen molar-refractivity contribution < 1.29 is 0 Å². The van der Waals surface area contributed by atoms with Crippen LogP contribution in [-0.4, -0.2) is 12.8 Å². The summed E-state index contributed by atoms with van der Waals surface area (Å²) < 4.78 is 0. The molecule has 2 nitrogen and oxygen atoms in total. The van der Waals surface area contributed by atoms with E-state index in [4.69, 9.17) is 4.99 Å². The Kier molecular flexibility index (Phi) is 7.86. The third-order valence-electron chi connectivity index (χ3n) is 5.31. The number of hydrogen-bond donors (Lipinski definition) is 1. The van der Waals surface area contributed by atoms with Crippen molar-refractivity contribution in [2.75, 3.05) is 11.9 Å². The second kappa shape index (κ2) is 9.91.